The van der Waals surface area contributed by atoms with E-state index in [4.69, 9.17) is 5.26 Å². The third-order valence-electron chi connectivity index (χ3n) is 1.08. The summed E-state index contributed by atoms with van der Waals surface area (Å²) < 4.78 is 40.1. The van der Waals surface area contributed by atoms with E-state index in [1.165, 1.54) is 6.07 Å². The van der Waals surface area contributed by atoms with Gasteiger partial charge in [-0.15, -0.1) is 0 Å². The molecule has 64 valence electrons. The molecule has 1 rings (SSSR count). The monoisotopic (exact) mass is 239 g/mol. The topological polar surface area (TPSA) is 36.9 Å². The van der Waals surface area contributed by atoms with E-state index < -0.39 is 17.5 Å². The molecule has 0 N–H and O–H groups in total. The lowest BCUT2D eigenvalue weighted by Gasteiger charge is -2.00. The van der Waals surface area contributed by atoms with Gasteiger partial charge in [-0.25, -0.2) is 0 Å². The van der Waals surface area contributed by atoms with Crippen LogP contribution in [0.25, 0.3) is 0 Å². The highest BCUT2D eigenvalue weighted by atomic mass is 79.9. The van der Waals surface area contributed by atoms with Crippen molar-refractivity contribution in [2.75, 3.05) is 0 Å². The van der Waals surface area contributed by atoms with E-state index in [0.717, 1.165) is 6.07 Å². The Hall–Kier alpha value is -0.960. The Morgan fingerprint density at radius 1 is 1.50 bits per heavy atom. The fraction of sp³-hybridized carbons (Fsp3) is 0.167. The van der Waals surface area contributed by atoms with Gasteiger partial charge in [-0.3, -0.25) is 0 Å². The smallest absolute Gasteiger partial charge is 0.443 e. The van der Waals surface area contributed by atoms with E-state index in [1.54, 1.807) is 0 Å². The molecule has 0 amide bonds. The van der Waals surface area contributed by atoms with Gasteiger partial charge < -0.3 is 4.42 Å². The number of halogens is 4. The van der Waals surface area contributed by atoms with Crippen molar-refractivity contribution in [3.05, 3.63) is 22.1 Å². The molecule has 0 aliphatic rings. The summed E-state index contributed by atoms with van der Waals surface area (Å²) in [5, 5.41) is 8.26. The number of hydrogen-bond acceptors (Lipinski definition) is 2. The Balaban J connectivity index is 3.25. The highest BCUT2D eigenvalue weighted by Gasteiger charge is 2.38. The molecule has 0 spiro atoms. The Labute approximate surface area is 73.7 Å². The quantitative estimate of drug-likeness (QED) is 0.698. The Bertz CT molecular complexity index is 336. The number of hydrogen-bond donors (Lipinski definition) is 0. The lowest BCUT2D eigenvalue weighted by atomic mass is 10.3. The van der Waals surface area contributed by atoms with Gasteiger partial charge in [0.25, 0.3) is 0 Å². The summed E-state index contributed by atoms with van der Waals surface area (Å²) in [5.41, 5.74) is -0.519. The molecule has 0 aliphatic heterocycles. The second-order valence-electron chi connectivity index (χ2n) is 1.90. The summed E-state index contributed by atoms with van der Waals surface area (Å²) in [7, 11) is 0. The molecule has 2 nitrogen and oxygen atoms in total. The minimum absolute atomic E-state index is 0.105. The van der Waals surface area contributed by atoms with Crippen molar-refractivity contribution in [3.8, 4) is 6.07 Å². The fourth-order valence-electron chi connectivity index (χ4n) is 0.655. The number of nitrogens with zero attached hydrogens (tertiary/aromatic N) is 1. The van der Waals surface area contributed by atoms with Gasteiger partial charge in [-0.05, 0) is 15.9 Å². The van der Waals surface area contributed by atoms with E-state index in [1.807, 2.05) is 0 Å². The predicted molar refractivity (Wildman–Crippen MR) is 36.1 cm³/mol. The van der Waals surface area contributed by atoms with Crippen LogP contribution in [-0.2, 0) is 6.18 Å². The number of furan rings is 1. The number of rotatable bonds is 0. The predicted octanol–water partition coefficient (Wildman–Crippen LogP) is 2.93. The maximum absolute atomic E-state index is 12.0. The molecule has 0 aromatic carbocycles. The summed E-state index contributed by atoms with van der Waals surface area (Å²) in [4.78, 5) is 0. The highest BCUT2D eigenvalue weighted by Crippen LogP contribution is 2.35. The molecular formula is C6HBrF3NO. The van der Waals surface area contributed by atoms with Crippen LogP contribution >= 0.6 is 15.9 Å². The van der Waals surface area contributed by atoms with Crippen LogP contribution in [0.2, 0.25) is 0 Å². The molecule has 6 heteroatoms. The molecule has 12 heavy (non-hydrogen) atoms. The van der Waals surface area contributed by atoms with E-state index in [9.17, 15) is 13.2 Å². The van der Waals surface area contributed by atoms with Crippen LogP contribution in [-0.4, -0.2) is 0 Å². The number of alkyl halides is 3. The van der Waals surface area contributed by atoms with Crippen molar-refractivity contribution < 1.29 is 17.6 Å². The third-order valence-corrected chi connectivity index (χ3v) is 1.47. The fourth-order valence-corrected chi connectivity index (χ4v) is 1.05. The molecule has 1 aromatic rings. The average molecular weight is 240 g/mol. The van der Waals surface area contributed by atoms with Crippen LogP contribution in [0.3, 0.4) is 0 Å². The molecule has 0 bridgehead atoms. The maximum Gasteiger partial charge on any atom is 0.450 e. The summed E-state index contributed by atoms with van der Waals surface area (Å²) in [6.45, 7) is 0. The van der Waals surface area contributed by atoms with Gasteiger partial charge in [-0.2, -0.15) is 18.4 Å². The number of nitriles is 1. The van der Waals surface area contributed by atoms with Crippen molar-refractivity contribution in [1.29, 1.82) is 5.26 Å². The molecular weight excluding hydrogens is 239 g/mol. The molecule has 0 saturated heterocycles. The second kappa shape index (κ2) is 2.83. The third kappa shape index (κ3) is 1.61. The van der Waals surface area contributed by atoms with Crippen LogP contribution in [0.15, 0.2) is 15.2 Å². The van der Waals surface area contributed by atoms with E-state index >= 15 is 0 Å². The molecule has 0 aliphatic carbocycles. The Morgan fingerprint density at radius 2 is 2.08 bits per heavy atom. The van der Waals surface area contributed by atoms with E-state index in [-0.39, 0.29) is 4.67 Å². The van der Waals surface area contributed by atoms with Gasteiger partial charge in [0.05, 0.1) is 0 Å². The van der Waals surface area contributed by atoms with Crippen LogP contribution in [0.4, 0.5) is 13.2 Å². The first-order valence-corrected chi connectivity index (χ1v) is 3.51. The van der Waals surface area contributed by atoms with Crippen molar-refractivity contribution in [3.63, 3.8) is 0 Å². The summed E-state index contributed by atoms with van der Waals surface area (Å²) in [5.74, 6) is -1.27. The van der Waals surface area contributed by atoms with Crippen molar-refractivity contribution in [2.45, 2.75) is 6.18 Å². The summed E-state index contributed by atoms with van der Waals surface area (Å²) >= 11 is 2.70. The highest BCUT2D eigenvalue weighted by molar-refractivity contribution is 9.10. The van der Waals surface area contributed by atoms with Gasteiger partial charge in [0, 0.05) is 6.07 Å². The zero-order valence-corrected chi connectivity index (χ0v) is 7.03. The maximum atomic E-state index is 12.0. The van der Waals surface area contributed by atoms with Crippen LogP contribution in [0, 0.1) is 11.3 Å². The first-order valence-electron chi connectivity index (χ1n) is 2.72. The minimum atomic E-state index is -4.61. The zero-order chi connectivity index (χ0) is 9.35. The lowest BCUT2D eigenvalue weighted by Crippen LogP contribution is -2.04. The van der Waals surface area contributed by atoms with E-state index in [2.05, 4.69) is 20.3 Å². The molecule has 0 fully saturated rings. The van der Waals surface area contributed by atoms with Gasteiger partial charge in [0.15, 0.2) is 4.67 Å². The van der Waals surface area contributed by atoms with Crippen LogP contribution < -0.4 is 0 Å². The van der Waals surface area contributed by atoms with Gasteiger partial charge in [-0.1, -0.05) is 0 Å². The average Bonchev–Trinajstić information content (AvgIpc) is 2.29. The van der Waals surface area contributed by atoms with Crippen LogP contribution in [0.1, 0.15) is 11.3 Å². The Kier molecular flexibility index (Phi) is 2.15. The van der Waals surface area contributed by atoms with Crippen LogP contribution in [0.5, 0.6) is 0 Å². The molecule has 0 unspecified atom stereocenters. The molecule has 1 heterocycles. The largest absolute Gasteiger partial charge is 0.450 e. The van der Waals surface area contributed by atoms with Gasteiger partial charge >= 0.3 is 6.18 Å². The zero-order valence-electron chi connectivity index (χ0n) is 5.44. The minimum Gasteiger partial charge on any atom is -0.443 e. The molecule has 1 aromatic heterocycles. The SMILES string of the molecule is N#Cc1cc(Br)oc1C(F)(F)F. The van der Waals surface area contributed by atoms with Gasteiger partial charge in [0.1, 0.15) is 11.6 Å². The standard InChI is InChI=1S/C6HBrF3NO/c7-4-1-3(2-11)5(12-4)6(8,9)10/h1H. The van der Waals surface area contributed by atoms with Crippen molar-refractivity contribution >= 4 is 15.9 Å². The molecule has 0 atom stereocenters. The normalized spacial score (nSPS) is 11.2. The molecule has 0 saturated carbocycles. The lowest BCUT2D eigenvalue weighted by molar-refractivity contribution is -0.153. The van der Waals surface area contributed by atoms with Gasteiger partial charge in [0.2, 0.25) is 5.76 Å². The summed E-state index contributed by atoms with van der Waals surface area (Å²) in [6.07, 6.45) is -4.61. The van der Waals surface area contributed by atoms with E-state index in [0.29, 0.717) is 0 Å². The first-order chi connectivity index (χ1) is 5.45. The van der Waals surface area contributed by atoms with Crippen molar-refractivity contribution in [1.82, 2.24) is 0 Å². The molecule has 0 radical (unpaired) electrons. The second-order valence-corrected chi connectivity index (χ2v) is 2.68. The van der Waals surface area contributed by atoms with Crippen molar-refractivity contribution in [2.24, 2.45) is 0 Å². The summed E-state index contributed by atoms with van der Waals surface area (Å²) in [6, 6.07) is 2.35. The Morgan fingerprint density at radius 3 is 2.42 bits per heavy atom. The first kappa shape index (κ1) is 9.13.